The Morgan fingerprint density at radius 2 is 1.71 bits per heavy atom. The number of rotatable bonds is 9. The van der Waals surface area contributed by atoms with Crippen molar-refractivity contribution in [2.24, 2.45) is 4.99 Å². The van der Waals surface area contributed by atoms with E-state index < -0.39 is 0 Å². The van der Waals surface area contributed by atoms with Crippen molar-refractivity contribution in [3.8, 4) is 0 Å². The minimum absolute atomic E-state index is 0. The summed E-state index contributed by atoms with van der Waals surface area (Å²) in [6, 6.07) is 8.98. The van der Waals surface area contributed by atoms with E-state index in [0.29, 0.717) is 0 Å². The monoisotopic (exact) mass is 501 g/mol. The molecule has 2 N–H and O–H groups in total. The van der Waals surface area contributed by atoms with Crippen LogP contribution in [0, 0.1) is 0 Å². The molecular formula is C22H40IN5. The molecule has 0 aromatic heterocycles. The third-order valence-corrected chi connectivity index (χ3v) is 5.08. The molecule has 0 aliphatic carbocycles. The zero-order valence-corrected chi connectivity index (χ0v) is 20.4. The van der Waals surface area contributed by atoms with E-state index in [0.717, 1.165) is 38.7 Å². The fourth-order valence-electron chi connectivity index (χ4n) is 3.36. The van der Waals surface area contributed by atoms with Crippen LogP contribution in [0.25, 0.3) is 0 Å². The highest BCUT2D eigenvalue weighted by Crippen LogP contribution is 2.11. The van der Waals surface area contributed by atoms with Crippen molar-refractivity contribution in [3.05, 3.63) is 35.4 Å². The molecule has 1 heterocycles. The largest absolute Gasteiger partial charge is 0.357 e. The second kappa shape index (κ2) is 15.0. The summed E-state index contributed by atoms with van der Waals surface area (Å²) in [4.78, 5) is 9.73. The minimum Gasteiger partial charge on any atom is -0.357 e. The lowest BCUT2D eigenvalue weighted by Crippen LogP contribution is -2.37. The summed E-state index contributed by atoms with van der Waals surface area (Å²) in [7, 11) is 2.22. The number of nitrogens with zero attached hydrogens (tertiary/aromatic N) is 3. The first-order valence-corrected chi connectivity index (χ1v) is 10.7. The van der Waals surface area contributed by atoms with Crippen molar-refractivity contribution < 1.29 is 0 Å². The maximum Gasteiger partial charge on any atom is 0.191 e. The Hall–Kier alpha value is -0.860. The number of likely N-dealkylation sites (N-methyl/N-ethyl adjacent to an activating group) is 1. The number of guanidine groups is 1. The summed E-state index contributed by atoms with van der Waals surface area (Å²) in [5.74, 6) is 0.923. The van der Waals surface area contributed by atoms with Crippen LogP contribution in [0.15, 0.2) is 29.3 Å². The normalized spacial score (nSPS) is 16.3. The number of unbranched alkanes of at least 4 members (excludes halogenated alkanes) is 2. The van der Waals surface area contributed by atoms with Gasteiger partial charge in [-0.2, -0.15) is 0 Å². The topological polar surface area (TPSA) is 42.9 Å². The van der Waals surface area contributed by atoms with Gasteiger partial charge in [0.05, 0.1) is 6.54 Å². The second-order valence-corrected chi connectivity index (χ2v) is 7.58. The van der Waals surface area contributed by atoms with E-state index in [4.69, 9.17) is 4.99 Å². The Kier molecular flexibility index (Phi) is 13.5. The number of halogens is 1. The Balaban J connectivity index is 0.00000392. The second-order valence-electron chi connectivity index (χ2n) is 7.58. The molecule has 0 amide bonds. The molecule has 0 spiro atoms. The third-order valence-electron chi connectivity index (χ3n) is 5.08. The number of aliphatic imine (C=N–C) groups is 1. The van der Waals surface area contributed by atoms with Crippen LogP contribution in [0.1, 0.15) is 50.7 Å². The molecule has 1 fully saturated rings. The zero-order valence-electron chi connectivity index (χ0n) is 18.0. The van der Waals surface area contributed by atoms with Crippen molar-refractivity contribution in [3.63, 3.8) is 0 Å². The Morgan fingerprint density at radius 1 is 0.964 bits per heavy atom. The van der Waals surface area contributed by atoms with Crippen molar-refractivity contribution in [1.29, 1.82) is 0 Å². The first-order valence-electron chi connectivity index (χ1n) is 10.7. The minimum atomic E-state index is 0. The number of hydrogen-bond donors (Lipinski definition) is 2. The average Bonchev–Trinajstić information content (AvgIpc) is 2.88. The molecule has 1 saturated heterocycles. The van der Waals surface area contributed by atoms with E-state index in [1.807, 2.05) is 0 Å². The van der Waals surface area contributed by atoms with Crippen LogP contribution in [0.3, 0.4) is 0 Å². The van der Waals surface area contributed by atoms with E-state index >= 15 is 0 Å². The summed E-state index contributed by atoms with van der Waals surface area (Å²) in [5, 5.41) is 6.76. The number of hydrogen-bond acceptors (Lipinski definition) is 3. The molecule has 28 heavy (non-hydrogen) atoms. The summed E-state index contributed by atoms with van der Waals surface area (Å²) in [6.07, 6.45) is 4.97. The summed E-state index contributed by atoms with van der Waals surface area (Å²) >= 11 is 0. The van der Waals surface area contributed by atoms with Gasteiger partial charge in [-0.05, 0) is 51.0 Å². The lowest BCUT2D eigenvalue weighted by molar-refractivity contribution is 0.269. The van der Waals surface area contributed by atoms with Gasteiger partial charge in [0.15, 0.2) is 5.96 Å². The van der Waals surface area contributed by atoms with Gasteiger partial charge in [0.25, 0.3) is 0 Å². The van der Waals surface area contributed by atoms with Gasteiger partial charge in [-0.15, -0.1) is 24.0 Å². The smallest absolute Gasteiger partial charge is 0.191 e. The van der Waals surface area contributed by atoms with E-state index in [9.17, 15) is 0 Å². The first kappa shape index (κ1) is 25.2. The maximum absolute atomic E-state index is 4.73. The van der Waals surface area contributed by atoms with Crippen LogP contribution < -0.4 is 10.6 Å². The molecule has 2 rings (SSSR count). The molecule has 1 aliphatic rings. The molecule has 0 bridgehead atoms. The van der Waals surface area contributed by atoms with Crippen LogP contribution in [-0.2, 0) is 13.1 Å². The molecule has 160 valence electrons. The van der Waals surface area contributed by atoms with Crippen LogP contribution >= 0.6 is 24.0 Å². The zero-order chi connectivity index (χ0) is 19.3. The predicted octanol–water partition coefficient (Wildman–Crippen LogP) is 3.69. The molecule has 1 aromatic rings. The van der Waals surface area contributed by atoms with Gasteiger partial charge in [-0.3, -0.25) is 4.90 Å². The standard InChI is InChI=1S/C22H39N5.HI/c1-4-6-7-13-24-22(23-5-2)25-18-20-9-11-21(12-10-20)19-27-15-8-14-26(3)16-17-27;/h9-12H,4-8,13-19H2,1-3H3,(H2,23,24,25);1H. The maximum atomic E-state index is 4.73. The van der Waals surface area contributed by atoms with E-state index in [2.05, 4.69) is 65.6 Å². The molecule has 0 radical (unpaired) electrons. The van der Waals surface area contributed by atoms with Gasteiger partial charge in [-0.1, -0.05) is 44.0 Å². The fraction of sp³-hybridized carbons (Fsp3) is 0.682. The highest BCUT2D eigenvalue weighted by Gasteiger charge is 2.12. The van der Waals surface area contributed by atoms with Gasteiger partial charge in [-0.25, -0.2) is 4.99 Å². The SMILES string of the molecule is CCCCCNC(=NCc1ccc(CN2CCCN(C)CC2)cc1)NCC.I. The molecule has 0 unspecified atom stereocenters. The van der Waals surface area contributed by atoms with Gasteiger partial charge in [0, 0.05) is 32.7 Å². The highest BCUT2D eigenvalue weighted by atomic mass is 127. The van der Waals surface area contributed by atoms with E-state index in [1.165, 1.54) is 56.4 Å². The molecular weight excluding hydrogens is 461 g/mol. The molecule has 1 aliphatic heterocycles. The van der Waals surface area contributed by atoms with Crippen LogP contribution in [0.4, 0.5) is 0 Å². The lowest BCUT2D eigenvalue weighted by atomic mass is 10.1. The summed E-state index contributed by atoms with van der Waals surface area (Å²) < 4.78 is 0. The van der Waals surface area contributed by atoms with Gasteiger partial charge < -0.3 is 15.5 Å². The van der Waals surface area contributed by atoms with Crippen LogP contribution in [0.2, 0.25) is 0 Å². The third kappa shape index (κ3) is 10.1. The van der Waals surface area contributed by atoms with Crippen LogP contribution in [0.5, 0.6) is 0 Å². The van der Waals surface area contributed by atoms with Gasteiger partial charge in [0.2, 0.25) is 0 Å². The van der Waals surface area contributed by atoms with Crippen LogP contribution in [-0.4, -0.2) is 62.1 Å². The molecule has 0 saturated carbocycles. The number of benzene rings is 1. The first-order chi connectivity index (χ1) is 13.2. The Labute approximate surface area is 189 Å². The summed E-state index contributed by atoms with van der Waals surface area (Å²) in [6.45, 7) is 12.8. The average molecular weight is 502 g/mol. The van der Waals surface area contributed by atoms with Crippen molar-refractivity contribution in [2.75, 3.05) is 46.3 Å². The van der Waals surface area contributed by atoms with E-state index in [-0.39, 0.29) is 24.0 Å². The number of nitrogens with one attached hydrogen (secondary N) is 2. The molecule has 5 nitrogen and oxygen atoms in total. The predicted molar refractivity (Wildman–Crippen MR) is 132 cm³/mol. The highest BCUT2D eigenvalue weighted by molar-refractivity contribution is 14.0. The molecule has 0 atom stereocenters. The van der Waals surface area contributed by atoms with E-state index in [1.54, 1.807) is 0 Å². The van der Waals surface area contributed by atoms with Crippen molar-refractivity contribution in [2.45, 2.75) is 52.6 Å². The van der Waals surface area contributed by atoms with Crippen molar-refractivity contribution in [1.82, 2.24) is 20.4 Å². The molecule has 6 heteroatoms. The van der Waals surface area contributed by atoms with Crippen molar-refractivity contribution >= 4 is 29.9 Å². The lowest BCUT2D eigenvalue weighted by Gasteiger charge is -2.20. The Bertz CT molecular complexity index is 546. The Morgan fingerprint density at radius 3 is 2.43 bits per heavy atom. The fourth-order valence-corrected chi connectivity index (χ4v) is 3.36. The molecule has 1 aromatic carbocycles. The summed E-state index contributed by atoms with van der Waals surface area (Å²) in [5.41, 5.74) is 2.66. The van der Waals surface area contributed by atoms with Gasteiger partial charge in [0.1, 0.15) is 0 Å². The van der Waals surface area contributed by atoms with Gasteiger partial charge >= 0.3 is 0 Å². The quantitative estimate of drug-likeness (QED) is 0.235.